The first-order valence-electron chi connectivity index (χ1n) is 7.86. The monoisotopic (exact) mass is 399 g/mol. The fourth-order valence-corrected chi connectivity index (χ4v) is 4.12. The lowest BCUT2D eigenvalue weighted by molar-refractivity contribution is 0.508. The number of benzene rings is 2. The molecule has 0 aliphatic carbocycles. The number of nitrogens with zero attached hydrogens (tertiary/aromatic N) is 2. The molecule has 1 N–H and O–H groups in total. The minimum absolute atomic E-state index is 0.0139. The Bertz CT molecular complexity index is 1070. The van der Waals surface area contributed by atoms with Gasteiger partial charge in [0.15, 0.2) is 11.6 Å². The molecule has 0 radical (unpaired) electrons. The fraction of sp³-hybridized carbons (Fsp3) is 0.235. The van der Waals surface area contributed by atoms with Crippen molar-refractivity contribution in [3.8, 4) is 0 Å². The highest BCUT2D eigenvalue weighted by atomic mass is 35.5. The van der Waals surface area contributed by atoms with E-state index >= 15 is 0 Å². The van der Waals surface area contributed by atoms with Crippen molar-refractivity contribution in [3.05, 3.63) is 58.9 Å². The van der Waals surface area contributed by atoms with Crippen LogP contribution in [0, 0.1) is 11.6 Å². The summed E-state index contributed by atoms with van der Waals surface area (Å²) in [4.78, 5) is 4.33. The maximum Gasteiger partial charge on any atom is 0.241 e. The number of nitrogens with one attached hydrogen (secondary N) is 1. The van der Waals surface area contributed by atoms with Gasteiger partial charge in [0.05, 0.1) is 16.5 Å². The van der Waals surface area contributed by atoms with Gasteiger partial charge in [-0.25, -0.2) is 26.9 Å². The molecule has 0 aliphatic rings. The van der Waals surface area contributed by atoms with Crippen LogP contribution in [0.1, 0.15) is 25.7 Å². The number of imidazole rings is 1. The molecule has 138 valence electrons. The molecule has 5 nitrogen and oxygen atoms in total. The lowest BCUT2D eigenvalue weighted by atomic mass is 10.3. The second kappa shape index (κ2) is 6.94. The minimum Gasteiger partial charge on any atom is -0.324 e. The summed E-state index contributed by atoms with van der Waals surface area (Å²) in [5, 5.41) is 0.419. The third-order valence-corrected chi connectivity index (χ3v) is 5.80. The van der Waals surface area contributed by atoms with Gasteiger partial charge in [0, 0.05) is 11.6 Å². The summed E-state index contributed by atoms with van der Waals surface area (Å²) in [5.41, 5.74) is 0.276. The van der Waals surface area contributed by atoms with Crippen LogP contribution < -0.4 is 4.72 Å². The van der Waals surface area contributed by atoms with Crippen LogP contribution >= 0.6 is 11.6 Å². The molecule has 0 amide bonds. The van der Waals surface area contributed by atoms with Gasteiger partial charge in [0.2, 0.25) is 10.0 Å². The van der Waals surface area contributed by atoms with Gasteiger partial charge >= 0.3 is 0 Å². The summed E-state index contributed by atoms with van der Waals surface area (Å²) in [5.74, 6) is -1.69. The number of rotatable bonds is 5. The summed E-state index contributed by atoms with van der Waals surface area (Å²) in [6, 6.07) is 7.32. The number of aryl methyl sites for hydroxylation is 1. The zero-order chi connectivity index (χ0) is 19.1. The highest BCUT2D eigenvalue weighted by molar-refractivity contribution is 7.89. The summed E-state index contributed by atoms with van der Waals surface area (Å²) < 4.78 is 56.8. The van der Waals surface area contributed by atoms with Gasteiger partial charge in [-0.2, -0.15) is 0 Å². The van der Waals surface area contributed by atoms with E-state index in [0.29, 0.717) is 17.4 Å². The molecule has 1 aromatic heterocycles. The number of fused-ring (bicyclic) bond motifs is 1. The SMILES string of the molecule is CCn1c([C@@H](C)NS(=O)(=O)c2ccc(Cl)cc2)nc2ccc(F)c(F)c21. The Kier molecular flexibility index (Phi) is 5.01. The van der Waals surface area contributed by atoms with E-state index in [1.807, 2.05) is 0 Å². The highest BCUT2D eigenvalue weighted by Crippen LogP contribution is 2.26. The zero-order valence-electron chi connectivity index (χ0n) is 14.0. The predicted octanol–water partition coefficient (Wildman–Crippen LogP) is 4.03. The average molecular weight is 400 g/mol. The first kappa shape index (κ1) is 18.8. The molecule has 0 bridgehead atoms. The molecule has 0 spiro atoms. The fourth-order valence-electron chi connectivity index (χ4n) is 2.79. The first-order valence-corrected chi connectivity index (χ1v) is 9.72. The van der Waals surface area contributed by atoms with E-state index in [-0.39, 0.29) is 15.9 Å². The van der Waals surface area contributed by atoms with Crippen LogP contribution in [0.2, 0.25) is 5.02 Å². The van der Waals surface area contributed by atoms with E-state index < -0.39 is 27.7 Å². The van der Waals surface area contributed by atoms with Crippen molar-refractivity contribution in [2.45, 2.75) is 31.3 Å². The van der Waals surface area contributed by atoms with Crippen LogP contribution in [-0.2, 0) is 16.6 Å². The molecule has 26 heavy (non-hydrogen) atoms. The molecule has 0 unspecified atom stereocenters. The average Bonchev–Trinajstić information content (AvgIpc) is 2.97. The third kappa shape index (κ3) is 3.32. The van der Waals surface area contributed by atoms with Crippen LogP contribution in [0.15, 0.2) is 41.3 Å². The second-order valence-corrected chi connectivity index (χ2v) is 7.89. The summed E-state index contributed by atoms with van der Waals surface area (Å²) in [7, 11) is -3.83. The molecule has 1 atom stereocenters. The predicted molar refractivity (Wildman–Crippen MR) is 95.5 cm³/mol. The Morgan fingerprint density at radius 1 is 1.19 bits per heavy atom. The van der Waals surface area contributed by atoms with Crippen molar-refractivity contribution in [3.63, 3.8) is 0 Å². The summed E-state index contributed by atoms with van der Waals surface area (Å²) in [6.45, 7) is 3.64. The highest BCUT2D eigenvalue weighted by Gasteiger charge is 2.24. The molecule has 0 saturated carbocycles. The lowest BCUT2D eigenvalue weighted by Crippen LogP contribution is -2.28. The van der Waals surface area contributed by atoms with Crippen LogP contribution in [-0.4, -0.2) is 18.0 Å². The van der Waals surface area contributed by atoms with Crippen molar-refractivity contribution in [2.75, 3.05) is 0 Å². The van der Waals surface area contributed by atoms with Crippen molar-refractivity contribution in [2.24, 2.45) is 0 Å². The maximum atomic E-state index is 14.2. The molecule has 0 aliphatic heterocycles. The largest absolute Gasteiger partial charge is 0.324 e. The van der Waals surface area contributed by atoms with E-state index in [1.54, 1.807) is 13.8 Å². The van der Waals surface area contributed by atoms with E-state index in [0.717, 1.165) is 6.07 Å². The van der Waals surface area contributed by atoms with Crippen LogP contribution in [0.4, 0.5) is 8.78 Å². The summed E-state index contributed by atoms with van der Waals surface area (Å²) >= 11 is 5.78. The topological polar surface area (TPSA) is 64.0 Å². The van der Waals surface area contributed by atoms with Crippen molar-refractivity contribution in [1.29, 1.82) is 0 Å². The van der Waals surface area contributed by atoms with Gasteiger partial charge in [-0.1, -0.05) is 11.6 Å². The normalized spacial score (nSPS) is 13.3. The van der Waals surface area contributed by atoms with Gasteiger partial charge in [-0.3, -0.25) is 0 Å². The van der Waals surface area contributed by atoms with E-state index in [4.69, 9.17) is 11.6 Å². The minimum atomic E-state index is -3.83. The van der Waals surface area contributed by atoms with Crippen molar-refractivity contribution < 1.29 is 17.2 Å². The Morgan fingerprint density at radius 3 is 2.46 bits per heavy atom. The van der Waals surface area contributed by atoms with Crippen LogP contribution in [0.25, 0.3) is 11.0 Å². The standard InChI is InChI=1S/C17H16ClF2N3O2S/c1-3-23-16-14(9-8-13(19)15(16)20)21-17(23)10(2)22-26(24,25)12-6-4-11(18)5-7-12/h4-10,22H,3H2,1-2H3/t10-/m1/s1. The van der Waals surface area contributed by atoms with Gasteiger partial charge in [-0.15, -0.1) is 0 Å². The Balaban J connectivity index is 2.01. The summed E-state index contributed by atoms with van der Waals surface area (Å²) in [6.07, 6.45) is 0. The molecule has 3 aromatic rings. The van der Waals surface area contributed by atoms with Crippen LogP contribution in [0.3, 0.4) is 0 Å². The number of sulfonamides is 1. The first-order chi connectivity index (χ1) is 12.2. The quantitative estimate of drug-likeness (QED) is 0.704. The van der Waals surface area contributed by atoms with Gasteiger partial charge < -0.3 is 4.57 Å². The van der Waals surface area contributed by atoms with E-state index in [1.165, 1.54) is 34.9 Å². The lowest BCUT2D eigenvalue weighted by Gasteiger charge is -2.15. The third-order valence-electron chi connectivity index (χ3n) is 3.99. The van der Waals surface area contributed by atoms with Gasteiger partial charge in [0.25, 0.3) is 0 Å². The molecule has 1 heterocycles. The molecular weight excluding hydrogens is 384 g/mol. The van der Waals surface area contributed by atoms with Gasteiger partial charge in [0.1, 0.15) is 11.3 Å². The molecule has 0 fully saturated rings. The van der Waals surface area contributed by atoms with Gasteiger partial charge in [-0.05, 0) is 50.2 Å². The molecular formula is C17H16ClF2N3O2S. The zero-order valence-corrected chi connectivity index (χ0v) is 15.6. The number of hydrogen-bond donors (Lipinski definition) is 1. The number of hydrogen-bond acceptors (Lipinski definition) is 3. The van der Waals surface area contributed by atoms with E-state index in [9.17, 15) is 17.2 Å². The molecule has 2 aromatic carbocycles. The number of halogens is 3. The smallest absolute Gasteiger partial charge is 0.241 e. The second-order valence-electron chi connectivity index (χ2n) is 5.74. The van der Waals surface area contributed by atoms with E-state index in [2.05, 4.69) is 9.71 Å². The van der Waals surface area contributed by atoms with Crippen LogP contribution in [0.5, 0.6) is 0 Å². The Labute approximate surface area is 154 Å². The number of aromatic nitrogens is 2. The maximum absolute atomic E-state index is 14.2. The Hall–Kier alpha value is -2.03. The molecule has 0 saturated heterocycles. The molecule has 3 rings (SSSR count). The Morgan fingerprint density at radius 2 is 1.85 bits per heavy atom. The molecule has 9 heteroatoms. The van der Waals surface area contributed by atoms with Crippen molar-refractivity contribution in [1.82, 2.24) is 14.3 Å². The van der Waals surface area contributed by atoms with Crippen molar-refractivity contribution >= 4 is 32.7 Å².